The van der Waals surface area contributed by atoms with Crippen molar-refractivity contribution in [2.45, 2.75) is 43.9 Å². The minimum atomic E-state index is -3.07. The molecule has 116 valence electrons. The van der Waals surface area contributed by atoms with Crippen molar-refractivity contribution < 1.29 is 17.6 Å². The van der Waals surface area contributed by atoms with Crippen LogP contribution >= 0.6 is 0 Å². The molecule has 6 heteroatoms. The molecular weight excluding hydrogens is 293 g/mol. The summed E-state index contributed by atoms with van der Waals surface area (Å²) in [6.45, 7) is 1.32. The van der Waals surface area contributed by atoms with Crippen molar-refractivity contribution >= 4 is 21.3 Å². The highest BCUT2D eigenvalue weighted by Gasteiger charge is 2.29. The third-order valence-electron chi connectivity index (χ3n) is 3.96. The van der Waals surface area contributed by atoms with E-state index in [-0.39, 0.29) is 22.6 Å². The van der Waals surface area contributed by atoms with E-state index in [4.69, 9.17) is 0 Å². The highest BCUT2D eigenvalue weighted by atomic mass is 32.2. The number of Topliss-reactive ketones (excluding diaryl/α,β-unsaturated/α-hetero) is 1. The quantitative estimate of drug-likeness (QED) is 0.868. The van der Waals surface area contributed by atoms with Gasteiger partial charge >= 0.3 is 0 Å². The number of benzene rings is 1. The lowest BCUT2D eigenvalue weighted by Gasteiger charge is -2.30. The first-order chi connectivity index (χ1) is 9.79. The molecule has 0 radical (unpaired) electrons. The summed E-state index contributed by atoms with van der Waals surface area (Å²) in [5.41, 5.74) is 0.487. The number of halogens is 1. The molecule has 1 aliphatic carbocycles. The number of ketones is 1. The summed E-state index contributed by atoms with van der Waals surface area (Å²) in [5, 5.41) is 2.79. The Labute approximate surface area is 124 Å². The lowest BCUT2D eigenvalue weighted by molar-refractivity contribution is 0.101. The van der Waals surface area contributed by atoms with Crippen molar-refractivity contribution in [1.82, 2.24) is 0 Å². The summed E-state index contributed by atoms with van der Waals surface area (Å²) in [6.07, 6.45) is 4.04. The number of anilines is 1. The van der Waals surface area contributed by atoms with Gasteiger partial charge in [0.05, 0.1) is 10.8 Å². The van der Waals surface area contributed by atoms with E-state index < -0.39 is 15.7 Å². The molecule has 4 nitrogen and oxygen atoms in total. The van der Waals surface area contributed by atoms with Crippen molar-refractivity contribution in [2.24, 2.45) is 0 Å². The van der Waals surface area contributed by atoms with Crippen LogP contribution in [0.15, 0.2) is 18.2 Å². The van der Waals surface area contributed by atoms with E-state index >= 15 is 0 Å². The van der Waals surface area contributed by atoms with Crippen molar-refractivity contribution in [2.75, 3.05) is 11.6 Å². The molecule has 1 N–H and O–H groups in total. The molecule has 0 aromatic heterocycles. The highest BCUT2D eigenvalue weighted by Crippen LogP contribution is 2.28. The average molecular weight is 313 g/mol. The van der Waals surface area contributed by atoms with E-state index in [1.165, 1.54) is 19.2 Å². The monoisotopic (exact) mass is 313 g/mol. The molecule has 0 bridgehead atoms. The van der Waals surface area contributed by atoms with Crippen LogP contribution in [0.3, 0.4) is 0 Å². The van der Waals surface area contributed by atoms with Gasteiger partial charge in [-0.15, -0.1) is 0 Å². The average Bonchev–Trinajstić information content (AvgIpc) is 2.37. The number of hydrogen-bond donors (Lipinski definition) is 1. The summed E-state index contributed by atoms with van der Waals surface area (Å²) in [4.78, 5) is 11.6. The molecule has 1 aromatic rings. The van der Waals surface area contributed by atoms with E-state index in [9.17, 15) is 17.6 Å². The zero-order valence-electron chi connectivity index (χ0n) is 12.2. The number of hydrogen-bond acceptors (Lipinski definition) is 4. The Morgan fingerprint density at radius 1 is 1.33 bits per heavy atom. The van der Waals surface area contributed by atoms with Crippen LogP contribution in [0.5, 0.6) is 0 Å². The van der Waals surface area contributed by atoms with Gasteiger partial charge in [0.1, 0.15) is 15.7 Å². The summed E-state index contributed by atoms with van der Waals surface area (Å²) >= 11 is 0. The van der Waals surface area contributed by atoms with Crippen LogP contribution in [-0.2, 0) is 9.84 Å². The first-order valence-electron chi connectivity index (χ1n) is 7.04. The SMILES string of the molecule is CC(=O)c1c(F)cccc1NC1CCCC(S(C)(=O)=O)C1. The standard InChI is InChI=1S/C15H20FNO3S/c1-10(18)15-13(16)7-4-8-14(15)17-11-5-3-6-12(9-11)21(2,19)20/h4,7-8,11-12,17H,3,5-6,9H2,1-2H3. The van der Waals surface area contributed by atoms with Gasteiger partial charge in [-0.1, -0.05) is 12.5 Å². The maximum atomic E-state index is 13.8. The van der Waals surface area contributed by atoms with E-state index in [0.29, 0.717) is 18.5 Å². The number of carbonyl (C=O) groups excluding carboxylic acids is 1. The van der Waals surface area contributed by atoms with Crippen LogP contribution in [0.2, 0.25) is 0 Å². The van der Waals surface area contributed by atoms with Gasteiger partial charge in [-0.25, -0.2) is 12.8 Å². The molecule has 2 rings (SSSR count). The van der Waals surface area contributed by atoms with Crippen LogP contribution in [0.25, 0.3) is 0 Å². The predicted molar refractivity (Wildman–Crippen MR) is 80.9 cm³/mol. The zero-order valence-corrected chi connectivity index (χ0v) is 13.0. The summed E-state index contributed by atoms with van der Waals surface area (Å²) < 4.78 is 37.1. The zero-order chi connectivity index (χ0) is 15.6. The smallest absolute Gasteiger partial charge is 0.164 e. The minimum Gasteiger partial charge on any atom is -0.382 e. The first kappa shape index (κ1) is 15.9. The van der Waals surface area contributed by atoms with Crippen LogP contribution in [-0.4, -0.2) is 31.7 Å². The molecule has 0 saturated heterocycles. The Kier molecular flexibility index (Phi) is 4.66. The van der Waals surface area contributed by atoms with E-state index in [1.807, 2.05) is 0 Å². The summed E-state index contributed by atoms with van der Waals surface area (Å²) in [5.74, 6) is -0.894. The number of carbonyl (C=O) groups is 1. The Balaban J connectivity index is 2.19. The third-order valence-corrected chi connectivity index (χ3v) is 5.60. The molecule has 2 unspecified atom stereocenters. The summed E-state index contributed by atoms with van der Waals surface area (Å²) in [7, 11) is -3.07. The molecule has 1 fully saturated rings. The lowest BCUT2D eigenvalue weighted by Crippen LogP contribution is -2.34. The van der Waals surface area contributed by atoms with Crippen molar-refractivity contribution in [3.05, 3.63) is 29.6 Å². The van der Waals surface area contributed by atoms with Gasteiger partial charge in [-0.3, -0.25) is 4.79 Å². The van der Waals surface area contributed by atoms with Crippen molar-refractivity contribution in [3.8, 4) is 0 Å². The largest absolute Gasteiger partial charge is 0.382 e. The molecule has 1 aromatic carbocycles. The fraction of sp³-hybridized carbons (Fsp3) is 0.533. The Bertz CT molecular complexity index is 642. The molecule has 0 aliphatic heterocycles. The van der Waals surface area contributed by atoms with E-state index in [1.54, 1.807) is 12.1 Å². The number of sulfone groups is 1. The van der Waals surface area contributed by atoms with Crippen molar-refractivity contribution in [3.63, 3.8) is 0 Å². The highest BCUT2D eigenvalue weighted by molar-refractivity contribution is 7.91. The molecular formula is C15H20FNO3S. The van der Waals surface area contributed by atoms with E-state index in [2.05, 4.69) is 5.32 Å². The van der Waals surface area contributed by atoms with Gasteiger partial charge in [-0.2, -0.15) is 0 Å². The van der Waals surface area contributed by atoms with Gasteiger partial charge in [0.15, 0.2) is 5.78 Å². The van der Waals surface area contributed by atoms with Crippen molar-refractivity contribution in [1.29, 1.82) is 0 Å². The molecule has 0 amide bonds. The van der Waals surface area contributed by atoms with Crippen LogP contribution in [0.4, 0.5) is 10.1 Å². The first-order valence-corrected chi connectivity index (χ1v) is 8.99. The maximum absolute atomic E-state index is 13.8. The molecule has 0 heterocycles. The normalized spacial score (nSPS) is 22.8. The maximum Gasteiger partial charge on any atom is 0.164 e. The Morgan fingerprint density at radius 2 is 2.05 bits per heavy atom. The molecule has 0 spiro atoms. The molecule has 1 aliphatic rings. The second-order valence-corrected chi connectivity index (χ2v) is 8.00. The van der Waals surface area contributed by atoms with Crippen LogP contribution in [0.1, 0.15) is 43.0 Å². The second-order valence-electron chi connectivity index (χ2n) is 5.68. The minimum absolute atomic E-state index is 0.0407. The molecule has 21 heavy (non-hydrogen) atoms. The van der Waals surface area contributed by atoms with Crippen LogP contribution < -0.4 is 5.32 Å². The lowest BCUT2D eigenvalue weighted by atomic mass is 9.94. The second kappa shape index (κ2) is 6.13. The Morgan fingerprint density at radius 3 is 2.67 bits per heavy atom. The molecule has 1 saturated carbocycles. The fourth-order valence-electron chi connectivity index (χ4n) is 2.89. The number of nitrogens with one attached hydrogen (secondary N) is 1. The van der Waals surface area contributed by atoms with E-state index in [0.717, 1.165) is 12.8 Å². The molecule has 2 atom stereocenters. The van der Waals surface area contributed by atoms with Gasteiger partial charge in [0.25, 0.3) is 0 Å². The van der Waals surface area contributed by atoms with Gasteiger partial charge in [-0.05, 0) is 38.3 Å². The van der Waals surface area contributed by atoms with Gasteiger partial charge < -0.3 is 5.32 Å². The number of rotatable bonds is 4. The Hall–Kier alpha value is -1.43. The summed E-state index contributed by atoms with van der Waals surface area (Å²) in [6, 6.07) is 4.39. The van der Waals surface area contributed by atoms with Crippen LogP contribution in [0, 0.1) is 5.82 Å². The fourth-order valence-corrected chi connectivity index (χ4v) is 4.06. The topological polar surface area (TPSA) is 63.2 Å². The predicted octanol–water partition coefficient (Wildman–Crippen LogP) is 2.80. The van der Waals surface area contributed by atoms with Gasteiger partial charge in [0.2, 0.25) is 0 Å². The van der Waals surface area contributed by atoms with Gasteiger partial charge in [0, 0.05) is 18.0 Å². The third kappa shape index (κ3) is 3.81.